The molecule has 1 radical (unpaired) electrons. The second kappa shape index (κ2) is 1.60. The van der Waals surface area contributed by atoms with E-state index in [-0.39, 0.29) is 5.91 Å². The molecule has 45 valence electrons. The highest BCUT2D eigenvalue weighted by Gasteiger charge is 2.19. The molecule has 2 heterocycles. The van der Waals surface area contributed by atoms with E-state index in [2.05, 4.69) is 4.98 Å². The Morgan fingerprint density at radius 1 is 1.67 bits per heavy atom. The monoisotopic (exact) mass is 139 g/mol. The number of carbonyl (C=O) groups excluding carboxylic acids is 1. The van der Waals surface area contributed by atoms with Gasteiger partial charge in [0.2, 0.25) is 5.91 Å². The summed E-state index contributed by atoms with van der Waals surface area (Å²) in [4.78, 5) is 14.7. The van der Waals surface area contributed by atoms with Gasteiger partial charge in [-0.05, 0) is 0 Å². The Hall–Kier alpha value is -0.770. The number of imidazole rings is 1. The molecule has 0 unspecified atom stereocenters. The lowest BCUT2D eigenvalue weighted by molar-refractivity contribution is 0.0958. The predicted molar refractivity (Wildman–Crippen MR) is 33.0 cm³/mol. The SMILES string of the molecule is O=C1[CH]Sc2nccn21. The summed E-state index contributed by atoms with van der Waals surface area (Å²) in [6.07, 6.45) is 3.28. The van der Waals surface area contributed by atoms with E-state index < -0.39 is 0 Å². The molecular formula is C5H3N2OS. The van der Waals surface area contributed by atoms with Gasteiger partial charge in [0.25, 0.3) is 0 Å². The van der Waals surface area contributed by atoms with Gasteiger partial charge in [-0.25, -0.2) is 4.98 Å². The molecule has 0 atom stereocenters. The van der Waals surface area contributed by atoms with Crippen LogP contribution in [-0.2, 0) is 0 Å². The maximum atomic E-state index is 10.8. The minimum absolute atomic E-state index is 0.00694. The summed E-state index contributed by atoms with van der Waals surface area (Å²) in [7, 11) is 0. The molecule has 9 heavy (non-hydrogen) atoms. The van der Waals surface area contributed by atoms with Crippen molar-refractivity contribution in [1.82, 2.24) is 9.55 Å². The summed E-state index contributed by atoms with van der Waals surface area (Å²) in [5.74, 6) is 1.55. The molecule has 0 N–H and O–H groups in total. The molecule has 0 fully saturated rings. The molecule has 0 saturated heterocycles. The van der Waals surface area contributed by atoms with Crippen molar-refractivity contribution in [2.24, 2.45) is 0 Å². The van der Waals surface area contributed by atoms with Crippen molar-refractivity contribution in [3.05, 3.63) is 18.1 Å². The smallest absolute Gasteiger partial charge is 0.247 e. The van der Waals surface area contributed by atoms with Crippen LogP contribution >= 0.6 is 11.8 Å². The van der Waals surface area contributed by atoms with Gasteiger partial charge in [0.05, 0.1) is 0 Å². The van der Waals surface area contributed by atoms with E-state index in [0.29, 0.717) is 0 Å². The van der Waals surface area contributed by atoms with E-state index in [4.69, 9.17) is 0 Å². The summed E-state index contributed by atoms with van der Waals surface area (Å²) in [5, 5.41) is 0.764. The fourth-order valence-corrected chi connectivity index (χ4v) is 1.41. The van der Waals surface area contributed by atoms with Crippen LogP contribution in [0.1, 0.15) is 4.79 Å². The molecule has 1 aliphatic heterocycles. The zero-order valence-electron chi connectivity index (χ0n) is 4.44. The number of carbonyl (C=O) groups is 1. The number of rotatable bonds is 0. The molecule has 1 aliphatic rings. The average Bonchev–Trinajstić information content (AvgIpc) is 2.35. The Balaban J connectivity index is 2.61. The summed E-state index contributed by atoms with van der Waals surface area (Å²) >= 11 is 1.36. The van der Waals surface area contributed by atoms with Crippen LogP contribution in [0.3, 0.4) is 0 Å². The maximum Gasteiger partial charge on any atom is 0.247 e. The quantitative estimate of drug-likeness (QED) is 0.533. The number of aromatic nitrogens is 2. The van der Waals surface area contributed by atoms with Crippen molar-refractivity contribution in [1.29, 1.82) is 0 Å². The van der Waals surface area contributed by atoms with Crippen LogP contribution < -0.4 is 0 Å². The Morgan fingerprint density at radius 2 is 2.56 bits per heavy atom. The van der Waals surface area contributed by atoms with Gasteiger partial charge in [-0.15, -0.1) is 0 Å². The van der Waals surface area contributed by atoms with Crippen molar-refractivity contribution in [2.75, 3.05) is 0 Å². The van der Waals surface area contributed by atoms with E-state index in [1.165, 1.54) is 16.3 Å². The van der Waals surface area contributed by atoms with E-state index in [0.717, 1.165) is 5.16 Å². The van der Waals surface area contributed by atoms with Crippen LogP contribution in [0.15, 0.2) is 17.6 Å². The third kappa shape index (κ3) is 0.595. The lowest BCUT2D eigenvalue weighted by Crippen LogP contribution is -2.00. The average molecular weight is 139 g/mol. The number of hydrogen-bond donors (Lipinski definition) is 0. The lowest BCUT2D eigenvalue weighted by Gasteiger charge is -1.85. The molecule has 0 saturated carbocycles. The first kappa shape index (κ1) is 5.05. The fourth-order valence-electron chi connectivity index (χ4n) is 0.705. The van der Waals surface area contributed by atoms with Gasteiger partial charge in [-0.3, -0.25) is 9.36 Å². The van der Waals surface area contributed by atoms with Crippen LogP contribution in [0.5, 0.6) is 0 Å². The van der Waals surface area contributed by atoms with E-state index in [1.807, 2.05) is 0 Å². The highest BCUT2D eigenvalue weighted by molar-refractivity contribution is 8.02. The van der Waals surface area contributed by atoms with Crippen LogP contribution in [0.2, 0.25) is 0 Å². The Labute approximate surface area is 56.1 Å². The lowest BCUT2D eigenvalue weighted by atomic mass is 10.7. The van der Waals surface area contributed by atoms with E-state index in [9.17, 15) is 4.79 Å². The number of hydrogen-bond acceptors (Lipinski definition) is 3. The highest BCUT2D eigenvalue weighted by Crippen LogP contribution is 2.26. The second-order valence-electron chi connectivity index (χ2n) is 1.65. The van der Waals surface area contributed by atoms with Gasteiger partial charge < -0.3 is 0 Å². The molecule has 0 bridgehead atoms. The van der Waals surface area contributed by atoms with E-state index >= 15 is 0 Å². The molecule has 1 aromatic rings. The summed E-state index contributed by atoms with van der Waals surface area (Å²) in [6.45, 7) is 0. The van der Waals surface area contributed by atoms with Crippen molar-refractivity contribution in [3.8, 4) is 0 Å². The molecule has 4 heteroatoms. The molecule has 1 aromatic heterocycles. The zero-order chi connectivity index (χ0) is 6.27. The van der Waals surface area contributed by atoms with Crippen molar-refractivity contribution in [2.45, 2.75) is 5.16 Å². The maximum absolute atomic E-state index is 10.8. The first-order valence-electron chi connectivity index (χ1n) is 2.45. The Morgan fingerprint density at radius 3 is 3.33 bits per heavy atom. The van der Waals surface area contributed by atoms with Gasteiger partial charge >= 0.3 is 0 Å². The van der Waals surface area contributed by atoms with Crippen molar-refractivity contribution >= 4 is 17.7 Å². The molecule has 0 spiro atoms. The van der Waals surface area contributed by atoms with Crippen LogP contribution in [0.25, 0.3) is 0 Å². The molecule has 2 rings (SSSR count). The minimum Gasteiger partial charge on any atom is -0.273 e. The van der Waals surface area contributed by atoms with Gasteiger partial charge in [-0.1, -0.05) is 11.8 Å². The predicted octanol–water partition coefficient (Wildman–Crippen LogP) is 0.791. The normalized spacial score (nSPS) is 16.2. The van der Waals surface area contributed by atoms with Crippen LogP contribution in [0, 0.1) is 5.75 Å². The van der Waals surface area contributed by atoms with Gasteiger partial charge in [0.15, 0.2) is 5.16 Å². The fraction of sp³-hybridized carbons (Fsp3) is 0. The number of thioether (sulfide) groups is 1. The number of nitrogens with zero attached hydrogens (tertiary/aromatic N) is 2. The van der Waals surface area contributed by atoms with E-state index in [1.54, 1.807) is 18.1 Å². The van der Waals surface area contributed by atoms with Crippen LogP contribution in [0.4, 0.5) is 0 Å². The largest absolute Gasteiger partial charge is 0.273 e. The third-order valence-electron chi connectivity index (χ3n) is 1.11. The topological polar surface area (TPSA) is 34.9 Å². The Bertz CT molecular complexity index is 255. The first-order valence-corrected chi connectivity index (χ1v) is 3.33. The van der Waals surface area contributed by atoms with Crippen molar-refractivity contribution < 1.29 is 4.79 Å². The standard InChI is InChI=1S/C5H3N2OS/c8-4-3-9-5-6-1-2-7(4)5/h1-3H. The minimum atomic E-state index is 0.00694. The molecule has 0 amide bonds. The summed E-state index contributed by atoms with van der Waals surface area (Å²) in [6, 6.07) is 0. The Kier molecular flexibility index (Phi) is 0.900. The van der Waals surface area contributed by atoms with Gasteiger partial charge in [-0.2, -0.15) is 0 Å². The highest BCUT2D eigenvalue weighted by atomic mass is 32.2. The second-order valence-corrected chi connectivity index (χ2v) is 2.49. The van der Waals surface area contributed by atoms with Gasteiger partial charge in [0, 0.05) is 12.4 Å². The van der Waals surface area contributed by atoms with Crippen LogP contribution in [-0.4, -0.2) is 15.5 Å². The summed E-state index contributed by atoms with van der Waals surface area (Å²) < 4.78 is 1.52. The first-order chi connectivity index (χ1) is 4.38. The molecular weight excluding hydrogens is 136 g/mol. The van der Waals surface area contributed by atoms with Crippen molar-refractivity contribution in [3.63, 3.8) is 0 Å². The number of fused-ring (bicyclic) bond motifs is 1. The summed E-state index contributed by atoms with van der Waals surface area (Å²) in [5.41, 5.74) is 0. The van der Waals surface area contributed by atoms with Gasteiger partial charge in [0.1, 0.15) is 5.75 Å². The zero-order valence-corrected chi connectivity index (χ0v) is 5.26. The molecule has 0 aromatic carbocycles. The molecule has 0 aliphatic carbocycles. The molecule has 3 nitrogen and oxygen atoms in total. The third-order valence-corrected chi connectivity index (χ3v) is 1.94.